The van der Waals surface area contributed by atoms with Crippen molar-refractivity contribution < 1.29 is 27.6 Å². The highest BCUT2D eigenvalue weighted by Gasteiger charge is 2.62. The van der Waals surface area contributed by atoms with Gasteiger partial charge in [-0.15, -0.1) is 0 Å². The molecule has 0 heterocycles. The molecule has 1 amide bonds. The Labute approximate surface area is 198 Å². The fourth-order valence-corrected chi connectivity index (χ4v) is 9.04. The second-order valence-corrected chi connectivity index (χ2v) is 12.8. The lowest BCUT2D eigenvalue weighted by molar-refractivity contribution is -0.184. The molecule has 0 radical (unpaired) electrons. The first-order chi connectivity index (χ1) is 15.4. The number of fused-ring (bicyclic) bond motifs is 5. The summed E-state index contributed by atoms with van der Waals surface area (Å²) in [6.07, 6.45) is 2.78. The van der Waals surface area contributed by atoms with Crippen molar-refractivity contribution in [3.05, 3.63) is 0 Å². The molecule has 4 rings (SSSR count). The van der Waals surface area contributed by atoms with Crippen LogP contribution in [0.2, 0.25) is 0 Å². The van der Waals surface area contributed by atoms with Crippen LogP contribution in [0.25, 0.3) is 0 Å². The number of hydrogen-bond donors (Lipinski definition) is 0. The van der Waals surface area contributed by atoms with Crippen LogP contribution in [0.4, 0.5) is 13.2 Å². The maximum absolute atomic E-state index is 13.4. The van der Waals surface area contributed by atoms with E-state index in [4.69, 9.17) is 0 Å². The number of hydrogen-bond acceptors (Lipinski definition) is 4. The molecule has 0 aromatic carbocycles. The summed E-state index contributed by atoms with van der Waals surface area (Å²) in [5.41, 5.74) is -0.221. The van der Waals surface area contributed by atoms with E-state index < -0.39 is 12.1 Å². The lowest BCUT2D eigenvalue weighted by atomic mass is 9.45. The SMILES string of the molecule is CN(CCCS[C@@H]1CC[C@@]2(C)C(C1)C(=O)C[C@@H]1[C@@H]2CC[C@]2(C)C(=O)CC[C@@H]12)C(=O)C(F)(F)F. The number of amides is 1. The minimum Gasteiger partial charge on any atom is -0.338 e. The van der Waals surface area contributed by atoms with Gasteiger partial charge in [0.15, 0.2) is 0 Å². The monoisotopic (exact) mass is 487 g/mol. The first kappa shape index (κ1) is 25.1. The zero-order chi connectivity index (χ0) is 24.2. The van der Waals surface area contributed by atoms with Crippen molar-refractivity contribution in [1.29, 1.82) is 0 Å². The molecule has 8 heteroatoms. The standard InChI is InChI=1S/C25H36F3NO3S/c1-23-9-7-15(33-12-4-11-29(3)22(32)25(26,27)28)13-19(23)20(30)14-16-17-5-6-21(31)24(17,2)10-8-18(16)23/h15-19H,4-14H2,1-3H3/t15-,16+,17+,18+,19?,23-,24+/m1/s1. The van der Waals surface area contributed by atoms with Crippen molar-refractivity contribution in [2.24, 2.45) is 34.5 Å². The average Bonchev–Trinajstić information content (AvgIpc) is 3.05. The number of alkyl halides is 3. The number of halogens is 3. The Morgan fingerprint density at radius 1 is 1.12 bits per heavy atom. The first-order valence-corrected chi connectivity index (χ1v) is 13.4. The Morgan fingerprint density at radius 3 is 2.55 bits per heavy atom. The van der Waals surface area contributed by atoms with Gasteiger partial charge in [-0.2, -0.15) is 24.9 Å². The fraction of sp³-hybridized carbons (Fsp3) is 0.880. The molecule has 0 aromatic heterocycles. The van der Waals surface area contributed by atoms with Crippen LogP contribution in [0.5, 0.6) is 0 Å². The summed E-state index contributed by atoms with van der Waals surface area (Å²) in [5, 5.41) is 0.342. The number of ketones is 2. The van der Waals surface area contributed by atoms with E-state index in [-0.39, 0.29) is 23.3 Å². The molecule has 0 spiro atoms. The van der Waals surface area contributed by atoms with E-state index in [0.29, 0.717) is 59.6 Å². The van der Waals surface area contributed by atoms with Crippen molar-refractivity contribution in [2.45, 2.75) is 83.1 Å². The Hall–Kier alpha value is -1.05. The maximum atomic E-state index is 13.4. The minimum atomic E-state index is -4.82. The van der Waals surface area contributed by atoms with Gasteiger partial charge in [-0.1, -0.05) is 13.8 Å². The third-order valence-corrected chi connectivity index (χ3v) is 11.1. The van der Waals surface area contributed by atoms with Gasteiger partial charge in [0.2, 0.25) is 0 Å². The van der Waals surface area contributed by atoms with Crippen LogP contribution >= 0.6 is 11.8 Å². The molecular formula is C25H36F3NO3S. The first-order valence-electron chi connectivity index (χ1n) is 12.4. The van der Waals surface area contributed by atoms with Gasteiger partial charge in [0.1, 0.15) is 11.6 Å². The van der Waals surface area contributed by atoms with Crippen molar-refractivity contribution >= 4 is 29.2 Å². The van der Waals surface area contributed by atoms with Gasteiger partial charge in [-0.05, 0) is 73.9 Å². The van der Waals surface area contributed by atoms with Gasteiger partial charge < -0.3 is 4.90 Å². The second kappa shape index (κ2) is 8.87. The minimum absolute atomic E-state index is 0.00335. The summed E-state index contributed by atoms with van der Waals surface area (Å²) < 4.78 is 37.5. The summed E-state index contributed by atoms with van der Waals surface area (Å²) >= 11 is 1.74. The third-order valence-electron chi connectivity index (χ3n) is 9.70. The molecule has 0 aromatic rings. The topological polar surface area (TPSA) is 54.5 Å². The highest BCUT2D eigenvalue weighted by molar-refractivity contribution is 7.99. The van der Waals surface area contributed by atoms with Crippen LogP contribution < -0.4 is 0 Å². The predicted octanol–water partition coefficient (Wildman–Crippen LogP) is 5.29. The van der Waals surface area contributed by atoms with E-state index in [1.807, 2.05) is 0 Å². The van der Waals surface area contributed by atoms with Crippen LogP contribution in [0, 0.1) is 34.5 Å². The molecule has 0 aliphatic heterocycles. The number of carbonyl (C=O) groups excluding carboxylic acids is 3. The Bertz CT molecular complexity index is 817. The van der Waals surface area contributed by atoms with Crippen LogP contribution in [0.3, 0.4) is 0 Å². The van der Waals surface area contributed by atoms with E-state index in [1.165, 1.54) is 7.05 Å². The molecule has 4 aliphatic carbocycles. The van der Waals surface area contributed by atoms with E-state index >= 15 is 0 Å². The van der Waals surface area contributed by atoms with Gasteiger partial charge in [-0.25, -0.2) is 0 Å². The van der Waals surface area contributed by atoms with Gasteiger partial charge in [-0.3, -0.25) is 14.4 Å². The molecule has 0 bridgehead atoms. The number of nitrogens with zero attached hydrogens (tertiary/aromatic N) is 1. The highest BCUT2D eigenvalue weighted by Crippen LogP contribution is 2.65. The van der Waals surface area contributed by atoms with Crippen LogP contribution in [0.1, 0.15) is 71.6 Å². The smallest absolute Gasteiger partial charge is 0.338 e. The van der Waals surface area contributed by atoms with Crippen molar-refractivity contribution in [2.75, 3.05) is 19.3 Å². The summed E-state index contributed by atoms with van der Waals surface area (Å²) in [4.78, 5) is 37.9. The van der Waals surface area contributed by atoms with Crippen LogP contribution in [-0.4, -0.2) is 53.1 Å². The molecule has 7 atom stereocenters. The van der Waals surface area contributed by atoms with E-state index in [0.717, 1.165) is 43.4 Å². The van der Waals surface area contributed by atoms with E-state index in [9.17, 15) is 27.6 Å². The summed E-state index contributed by atoms with van der Waals surface area (Å²) in [7, 11) is 1.19. The average molecular weight is 488 g/mol. The fourth-order valence-electron chi connectivity index (χ4n) is 7.80. The van der Waals surface area contributed by atoms with Gasteiger partial charge >= 0.3 is 12.1 Å². The van der Waals surface area contributed by atoms with Crippen LogP contribution in [0.15, 0.2) is 0 Å². The Morgan fingerprint density at radius 2 is 1.85 bits per heavy atom. The van der Waals surface area contributed by atoms with Crippen molar-refractivity contribution in [3.8, 4) is 0 Å². The zero-order valence-corrected chi connectivity index (χ0v) is 20.7. The third kappa shape index (κ3) is 4.38. The van der Waals surface area contributed by atoms with Gasteiger partial charge in [0, 0.05) is 43.0 Å². The quantitative estimate of drug-likeness (QED) is 0.495. The molecule has 4 saturated carbocycles. The Balaban J connectivity index is 1.33. The van der Waals surface area contributed by atoms with E-state index in [1.54, 1.807) is 11.8 Å². The largest absolute Gasteiger partial charge is 0.471 e. The molecule has 1 unspecified atom stereocenters. The summed E-state index contributed by atoms with van der Waals surface area (Å²) in [6, 6.07) is 0. The number of Topliss-reactive ketones (excluding diaryl/α,β-unsaturated/α-hetero) is 2. The van der Waals surface area contributed by atoms with Crippen LogP contribution in [-0.2, 0) is 14.4 Å². The van der Waals surface area contributed by atoms with E-state index in [2.05, 4.69) is 13.8 Å². The normalized spacial score (nSPS) is 40.7. The van der Waals surface area contributed by atoms with Gasteiger partial charge in [0.25, 0.3) is 0 Å². The summed E-state index contributed by atoms with van der Waals surface area (Å²) in [5.74, 6) is 0.918. The maximum Gasteiger partial charge on any atom is 0.471 e. The van der Waals surface area contributed by atoms with Crippen molar-refractivity contribution in [3.63, 3.8) is 0 Å². The Kier molecular flexibility index (Phi) is 6.73. The number of carbonyl (C=O) groups is 3. The molecule has 0 N–H and O–H groups in total. The molecule has 4 fully saturated rings. The lowest BCUT2D eigenvalue weighted by Gasteiger charge is -2.59. The molecule has 4 aliphatic rings. The second-order valence-electron chi connectivity index (χ2n) is 11.4. The predicted molar refractivity (Wildman–Crippen MR) is 122 cm³/mol. The number of thioether (sulfide) groups is 1. The number of rotatable bonds is 5. The summed E-state index contributed by atoms with van der Waals surface area (Å²) in [6.45, 7) is 4.53. The molecule has 0 saturated heterocycles. The van der Waals surface area contributed by atoms with Crippen molar-refractivity contribution in [1.82, 2.24) is 4.90 Å². The molecule has 186 valence electrons. The molecule has 33 heavy (non-hydrogen) atoms. The van der Waals surface area contributed by atoms with Gasteiger partial charge in [0.05, 0.1) is 0 Å². The zero-order valence-electron chi connectivity index (χ0n) is 19.9. The lowest BCUT2D eigenvalue weighted by Crippen LogP contribution is -2.56. The highest BCUT2D eigenvalue weighted by atomic mass is 32.2. The molecule has 4 nitrogen and oxygen atoms in total. The molecular weight excluding hydrogens is 451 g/mol.